The van der Waals surface area contributed by atoms with Crippen molar-refractivity contribution in [3.05, 3.63) is 29.8 Å². The lowest BCUT2D eigenvalue weighted by Gasteiger charge is -2.11. The fourth-order valence-electron chi connectivity index (χ4n) is 1.53. The Bertz CT molecular complexity index is 457. The van der Waals surface area contributed by atoms with Crippen LogP contribution in [0.3, 0.4) is 0 Å². The molecule has 0 fully saturated rings. The quantitative estimate of drug-likeness (QED) is 0.738. The Kier molecular flexibility index (Phi) is 5.74. The molecule has 3 N–H and O–H groups in total. The summed E-state index contributed by atoms with van der Waals surface area (Å²) in [6, 6.07) is 6.78. The maximum Gasteiger partial charge on any atom is 0.175 e. The van der Waals surface area contributed by atoms with E-state index in [0.29, 0.717) is 24.6 Å². The highest BCUT2D eigenvalue weighted by Gasteiger charge is 2.06. The van der Waals surface area contributed by atoms with E-state index in [1.54, 1.807) is 31.4 Å². The first-order chi connectivity index (χ1) is 8.43. The van der Waals surface area contributed by atoms with Crippen LogP contribution in [0.4, 0.5) is 0 Å². The van der Waals surface area contributed by atoms with E-state index in [1.165, 1.54) is 6.26 Å². The second-order valence-corrected chi connectivity index (χ2v) is 6.28. The van der Waals surface area contributed by atoms with Gasteiger partial charge in [-0.25, -0.2) is 8.42 Å². The maximum atomic E-state index is 11.3. The Balaban J connectivity index is 2.45. The average molecular weight is 272 g/mol. The van der Waals surface area contributed by atoms with Crippen LogP contribution in [0, 0.1) is 0 Å². The molecule has 0 radical (unpaired) electrons. The zero-order valence-electron chi connectivity index (χ0n) is 10.7. The van der Waals surface area contributed by atoms with E-state index in [0.717, 1.165) is 5.56 Å². The lowest BCUT2D eigenvalue weighted by atomic mass is 10.2. The second kappa shape index (κ2) is 6.84. The van der Waals surface area contributed by atoms with Crippen molar-refractivity contribution < 1.29 is 13.2 Å². The molecule has 0 amide bonds. The first-order valence-electron chi connectivity index (χ1n) is 5.67. The molecule has 0 aliphatic heterocycles. The molecule has 6 heteroatoms. The summed E-state index contributed by atoms with van der Waals surface area (Å²) in [5.74, 6) is 0. The van der Waals surface area contributed by atoms with E-state index in [1.807, 2.05) is 0 Å². The fraction of sp³-hybridized carbons (Fsp3) is 0.500. The number of hydrogen-bond donors (Lipinski definition) is 2. The van der Waals surface area contributed by atoms with Gasteiger partial charge in [-0.1, -0.05) is 12.1 Å². The van der Waals surface area contributed by atoms with Crippen LogP contribution in [-0.4, -0.2) is 41.0 Å². The molecule has 1 rings (SSSR count). The van der Waals surface area contributed by atoms with Crippen molar-refractivity contribution in [2.45, 2.75) is 17.5 Å². The van der Waals surface area contributed by atoms with Crippen molar-refractivity contribution in [3.63, 3.8) is 0 Å². The largest absolute Gasteiger partial charge is 0.383 e. The van der Waals surface area contributed by atoms with Gasteiger partial charge in [0.1, 0.15) is 0 Å². The van der Waals surface area contributed by atoms with E-state index in [4.69, 9.17) is 10.5 Å². The van der Waals surface area contributed by atoms with Crippen LogP contribution in [0.2, 0.25) is 0 Å². The Morgan fingerprint density at radius 1 is 1.33 bits per heavy atom. The third-order valence-electron chi connectivity index (χ3n) is 2.47. The van der Waals surface area contributed by atoms with E-state index in [-0.39, 0.29) is 6.04 Å². The highest BCUT2D eigenvalue weighted by molar-refractivity contribution is 7.90. The minimum Gasteiger partial charge on any atom is -0.383 e. The molecule has 0 aliphatic rings. The van der Waals surface area contributed by atoms with Crippen molar-refractivity contribution in [1.82, 2.24) is 5.32 Å². The SMILES string of the molecule is COCC(N)CNCc1ccc(S(C)(=O)=O)cc1. The summed E-state index contributed by atoms with van der Waals surface area (Å²) < 4.78 is 27.5. The van der Waals surface area contributed by atoms with Gasteiger partial charge in [-0.2, -0.15) is 0 Å². The van der Waals surface area contributed by atoms with Gasteiger partial charge >= 0.3 is 0 Å². The Morgan fingerprint density at radius 2 is 1.94 bits per heavy atom. The lowest BCUT2D eigenvalue weighted by molar-refractivity contribution is 0.179. The predicted octanol–water partition coefficient (Wildman–Crippen LogP) is 0.153. The number of hydrogen-bond acceptors (Lipinski definition) is 5. The number of benzene rings is 1. The van der Waals surface area contributed by atoms with Gasteiger partial charge in [0.15, 0.2) is 9.84 Å². The van der Waals surface area contributed by atoms with Crippen LogP contribution in [-0.2, 0) is 21.1 Å². The lowest BCUT2D eigenvalue weighted by Crippen LogP contribution is -2.36. The maximum absolute atomic E-state index is 11.3. The van der Waals surface area contributed by atoms with Crippen molar-refractivity contribution in [3.8, 4) is 0 Å². The summed E-state index contributed by atoms with van der Waals surface area (Å²) in [5, 5.41) is 3.19. The Morgan fingerprint density at radius 3 is 2.44 bits per heavy atom. The molecule has 1 unspecified atom stereocenters. The summed E-state index contributed by atoms with van der Waals surface area (Å²) in [7, 11) is -1.50. The van der Waals surface area contributed by atoms with Crippen LogP contribution in [0.25, 0.3) is 0 Å². The molecule has 0 heterocycles. The van der Waals surface area contributed by atoms with Gasteiger partial charge in [-0.05, 0) is 17.7 Å². The molecule has 0 aliphatic carbocycles. The van der Waals surface area contributed by atoms with Gasteiger partial charge in [0.25, 0.3) is 0 Å². The number of nitrogens with two attached hydrogens (primary N) is 1. The molecule has 0 aromatic heterocycles. The van der Waals surface area contributed by atoms with Gasteiger partial charge in [0.2, 0.25) is 0 Å². The molecule has 5 nitrogen and oxygen atoms in total. The topological polar surface area (TPSA) is 81.4 Å². The summed E-state index contributed by atoms with van der Waals surface area (Å²) in [5.41, 5.74) is 6.78. The number of nitrogens with one attached hydrogen (secondary N) is 1. The third kappa shape index (κ3) is 5.14. The molecular formula is C12H20N2O3S. The standard InChI is InChI=1S/C12H20N2O3S/c1-17-9-11(13)8-14-7-10-3-5-12(6-4-10)18(2,15)16/h3-6,11,14H,7-9,13H2,1-2H3. The normalized spacial score (nSPS) is 13.5. The molecule has 0 saturated heterocycles. The van der Waals surface area contributed by atoms with Crippen molar-refractivity contribution in [2.24, 2.45) is 5.73 Å². The first kappa shape index (κ1) is 15.1. The summed E-state index contributed by atoms with van der Waals surface area (Å²) in [6.45, 7) is 1.82. The minimum absolute atomic E-state index is 0.0368. The van der Waals surface area contributed by atoms with E-state index < -0.39 is 9.84 Å². The van der Waals surface area contributed by atoms with Crippen molar-refractivity contribution in [1.29, 1.82) is 0 Å². The summed E-state index contributed by atoms with van der Waals surface area (Å²) in [6.07, 6.45) is 1.20. The van der Waals surface area contributed by atoms with E-state index >= 15 is 0 Å². The highest BCUT2D eigenvalue weighted by atomic mass is 32.2. The smallest absolute Gasteiger partial charge is 0.175 e. The van der Waals surface area contributed by atoms with E-state index in [9.17, 15) is 8.42 Å². The number of rotatable bonds is 7. The van der Waals surface area contributed by atoms with E-state index in [2.05, 4.69) is 5.32 Å². The fourth-order valence-corrected chi connectivity index (χ4v) is 2.16. The average Bonchev–Trinajstić information content (AvgIpc) is 2.29. The Labute approximate surface area is 108 Å². The van der Waals surface area contributed by atoms with Gasteiger partial charge in [0, 0.05) is 32.5 Å². The van der Waals surface area contributed by atoms with Gasteiger partial charge < -0.3 is 15.8 Å². The number of sulfone groups is 1. The molecule has 1 atom stereocenters. The monoisotopic (exact) mass is 272 g/mol. The zero-order chi connectivity index (χ0) is 13.6. The first-order valence-corrected chi connectivity index (χ1v) is 7.57. The third-order valence-corrected chi connectivity index (χ3v) is 3.60. The molecule has 1 aromatic carbocycles. The highest BCUT2D eigenvalue weighted by Crippen LogP contribution is 2.09. The van der Waals surface area contributed by atoms with Crippen LogP contribution >= 0.6 is 0 Å². The number of methoxy groups -OCH3 is 1. The van der Waals surface area contributed by atoms with Crippen LogP contribution < -0.4 is 11.1 Å². The van der Waals surface area contributed by atoms with Crippen LogP contribution in [0.1, 0.15) is 5.56 Å². The minimum atomic E-state index is -3.12. The second-order valence-electron chi connectivity index (χ2n) is 4.26. The van der Waals surface area contributed by atoms with Gasteiger partial charge in [0.05, 0.1) is 11.5 Å². The molecule has 0 bridgehead atoms. The summed E-state index contributed by atoms with van der Waals surface area (Å²) in [4.78, 5) is 0.335. The van der Waals surface area contributed by atoms with Gasteiger partial charge in [-0.3, -0.25) is 0 Å². The predicted molar refractivity (Wildman–Crippen MR) is 71.1 cm³/mol. The molecule has 0 spiro atoms. The van der Waals surface area contributed by atoms with Crippen LogP contribution in [0.15, 0.2) is 29.2 Å². The summed E-state index contributed by atoms with van der Waals surface area (Å²) >= 11 is 0. The Hall–Kier alpha value is -0.950. The van der Waals surface area contributed by atoms with Crippen molar-refractivity contribution >= 4 is 9.84 Å². The number of ether oxygens (including phenoxy) is 1. The molecular weight excluding hydrogens is 252 g/mol. The van der Waals surface area contributed by atoms with Gasteiger partial charge in [-0.15, -0.1) is 0 Å². The zero-order valence-corrected chi connectivity index (χ0v) is 11.5. The molecule has 18 heavy (non-hydrogen) atoms. The molecule has 1 aromatic rings. The van der Waals surface area contributed by atoms with Crippen LogP contribution in [0.5, 0.6) is 0 Å². The molecule has 102 valence electrons. The molecule has 0 saturated carbocycles. The van der Waals surface area contributed by atoms with Crippen molar-refractivity contribution in [2.75, 3.05) is 26.5 Å².